The summed E-state index contributed by atoms with van der Waals surface area (Å²) in [4.78, 5) is 7.26. The molecule has 3 aromatic carbocycles. The van der Waals surface area contributed by atoms with E-state index in [9.17, 15) is 8.78 Å². The number of hydrogen-bond donors (Lipinski definition) is 1. The molecule has 1 N–H and O–H groups in total. The molecular formula is C26H23BBr2F2N2. The monoisotopic (exact) mass is 570 g/mol. The molecule has 0 atom stereocenters. The Morgan fingerprint density at radius 1 is 0.939 bits per heavy atom. The highest BCUT2D eigenvalue weighted by Crippen LogP contribution is 2.17. The van der Waals surface area contributed by atoms with Crippen LogP contribution >= 0.6 is 31.9 Å². The van der Waals surface area contributed by atoms with E-state index < -0.39 is 0 Å². The molecule has 0 aliphatic rings. The lowest BCUT2D eigenvalue weighted by atomic mass is 9.39. The SMILES string of the molecule is Brc1ccccc1Cc1ncc[nH]1.CC(Br)=CCB(c1ccc(F)cc1)c1ccc(F)cc1. The molecule has 0 spiro atoms. The van der Waals surface area contributed by atoms with Crippen LogP contribution in [0.3, 0.4) is 0 Å². The third kappa shape index (κ3) is 8.09. The second-order valence-electron chi connectivity index (χ2n) is 7.49. The van der Waals surface area contributed by atoms with E-state index in [0.29, 0.717) is 0 Å². The van der Waals surface area contributed by atoms with Gasteiger partial charge in [0.1, 0.15) is 17.5 Å². The Morgan fingerprint density at radius 2 is 1.52 bits per heavy atom. The van der Waals surface area contributed by atoms with Gasteiger partial charge in [0.05, 0.1) is 0 Å². The summed E-state index contributed by atoms with van der Waals surface area (Å²) in [6, 6.07) is 21.1. The van der Waals surface area contributed by atoms with E-state index in [1.165, 1.54) is 29.8 Å². The predicted molar refractivity (Wildman–Crippen MR) is 141 cm³/mol. The molecule has 168 valence electrons. The number of nitrogens with zero attached hydrogens (tertiary/aromatic N) is 1. The predicted octanol–water partition coefficient (Wildman–Crippen LogP) is 6.64. The van der Waals surface area contributed by atoms with Crippen LogP contribution in [0.4, 0.5) is 8.78 Å². The molecule has 0 saturated heterocycles. The Morgan fingerprint density at radius 3 is 2.00 bits per heavy atom. The zero-order valence-electron chi connectivity index (χ0n) is 18.1. The highest BCUT2D eigenvalue weighted by atomic mass is 79.9. The van der Waals surface area contributed by atoms with Crippen molar-refractivity contribution >= 4 is 49.5 Å². The van der Waals surface area contributed by atoms with Crippen molar-refractivity contribution in [3.63, 3.8) is 0 Å². The lowest BCUT2D eigenvalue weighted by Gasteiger charge is -2.13. The van der Waals surface area contributed by atoms with Gasteiger partial charge in [-0.15, -0.1) is 0 Å². The van der Waals surface area contributed by atoms with Crippen molar-refractivity contribution in [2.45, 2.75) is 19.7 Å². The summed E-state index contributed by atoms with van der Waals surface area (Å²) >= 11 is 6.91. The summed E-state index contributed by atoms with van der Waals surface area (Å²) in [5.74, 6) is 0.490. The van der Waals surface area contributed by atoms with Crippen LogP contribution in [0.25, 0.3) is 0 Å². The van der Waals surface area contributed by atoms with Gasteiger partial charge in [-0.1, -0.05) is 91.3 Å². The van der Waals surface area contributed by atoms with Gasteiger partial charge in [0, 0.05) is 23.3 Å². The van der Waals surface area contributed by atoms with Crippen LogP contribution in [0.15, 0.2) is 100 Å². The quantitative estimate of drug-likeness (QED) is 0.258. The van der Waals surface area contributed by atoms with Crippen molar-refractivity contribution in [3.8, 4) is 0 Å². The molecule has 0 fully saturated rings. The zero-order valence-corrected chi connectivity index (χ0v) is 21.3. The van der Waals surface area contributed by atoms with Gasteiger partial charge < -0.3 is 4.98 Å². The van der Waals surface area contributed by atoms with E-state index in [2.05, 4.69) is 54.0 Å². The molecule has 0 unspecified atom stereocenters. The summed E-state index contributed by atoms with van der Waals surface area (Å²) < 4.78 is 28.3. The summed E-state index contributed by atoms with van der Waals surface area (Å²) in [6.45, 7) is 2.05. The number of hydrogen-bond acceptors (Lipinski definition) is 1. The van der Waals surface area contributed by atoms with E-state index in [1.54, 1.807) is 30.5 Å². The molecule has 7 heteroatoms. The van der Waals surface area contributed by atoms with Gasteiger partial charge in [0.15, 0.2) is 0 Å². The van der Waals surface area contributed by atoms with E-state index in [4.69, 9.17) is 0 Å². The maximum Gasteiger partial charge on any atom is 0.213 e. The number of aromatic amines is 1. The highest BCUT2D eigenvalue weighted by molar-refractivity contribution is 9.11. The second-order valence-corrected chi connectivity index (χ2v) is 9.59. The Hall–Kier alpha value is -2.51. The number of benzene rings is 3. The zero-order chi connectivity index (χ0) is 23.6. The minimum atomic E-state index is -0.251. The van der Waals surface area contributed by atoms with Crippen LogP contribution in [-0.2, 0) is 6.42 Å². The van der Waals surface area contributed by atoms with Gasteiger partial charge in [-0.3, -0.25) is 0 Å². The third-order valence-corrected chi connectivity index (χ3v) is 6.15. The lowest BCUT2D eigenvalue weighted by molar-refractivity contribution is 0.628. The maximum atomic E-state index is 13.1. The van der Waals surface area contributed by atoms with Crippen LogP contribution in [0, 0.1) is 11.6 Å². The molecule has 0 saturated carbocycles. The number of H-pyrrole nitrogens is 1. The van der Waals surface area contributed by atoms with Gasteiger partial charge in [0.25, 0.3) is 0 Å². The molecule has 0 aliphatic carbocycles. The molecule has 2 nitrogen and oxygen atoms in total. The number of allylic oxidation sites excluding steroid dienone is 2. The number of aromatic nitrogens is 2. The van der Waals surface area contributed by atoms with Gasteiger partial charge >= 0.3 is 0 Å². The van der Waals surface area contributed by atoms with Crippen molar-refractivity contribution in [2.24, 2.45) is 0 Å². The number of nitrogens with one attached hydrogen (secondary N) is 1. The Bertz CT molecular complexity index is 1110. The first-order valence-electron chi connectivity index (χ1n) is 10.5. The van der Waals surface area contributed by atoms with Crippen LogP contribution in [-0.4, -0.2) is 16.7 Å². The lowest BCUT2D eigenvalue weighted by Crippen LogP contribution is -2.41. The van der Waals surface area contributed by atoms with E-state index >= 15 is 0 Å². The molecule has 0 radical (unpaired) electrons. The molecule has 33 heavy (non-hydrogen) atoms. The van der Waals surface area contributed by atoms with Crippen LogP contribution in [0.2, 0.25) is 6.32 Å². The first kappa shape index (κ1) is 25.1. The molecule has 1 aromatic heterocycles. The van der Waals surface area contributed by atoms with E-state index in [1.807, 2.05) is 31.3 Å². The molecule has 0 aliphatic heterocycles. The van der Waals surface area contributed by atoms with E-state index in [0.717, 1.165) is 38.4 Å². The fourth-order valence-corrected chi connectivity index (χ4v) is 3.96. The second kappa shape index (κ2) is 12.7. The maximum absolute atomic E-state index is 13.1. The van der Waals surface area contributed by atoms with Crippen molar-refractivity contribution in [1.82, 2.24) is 9.97 Å². The molecular weight excluding hydrogens is 549 g/mol. The standard InChI is InChI=1S/C16H14BBrF2.C10H9BrN2/c1-12(18)10-11-17(13-2-6-15(19)7-3-13)14-4-8-16(20)9-5-14;11-9-4-2-1-3-8(9)7-10-12-5-6-13-10/h2-10H,11H2,1H3;1-6H,7H2,(H,12,13). The fraction of sp³-hybridized carbons (Fsp3) is 0.115. The largest absolute Gasteiger partial charge is 0.348 e. The van der Waals surface area contributed by atoms with Crippen LogP contribution in [0.1, 0.15) is 18.3 Å². The summed E-state index contributed by atoms with van der Waals surface area (Å²) in [5, 5.41) is 0. The van der Waals surface area contributed by atoms with Gasteiger partial charge in [-0.05, 0) is 53.6 Å². The van der Waals surface area contributed by atoms with Crippen molar-refractivity contribution in [1.29, 1.82) is 0 Å². The Balaban J connectivity index is 0.000000203. The molecule has 1 heterocycles. The Labute approximate surface area is 210 Å². The average molecular weight is 572 g/mol. The van der Waals surface area contributed by atoms with Gasteiger partial charge in [-0.2, -0.15) is 0 Å². The summed E-state index contributed by atoms with van der Waals surface area (Å²) in [7, 11) is 0. The number of halogens is 4. The normalized spacial score (nSPS) is 11.0. The third-order valence-electron chi connectivity index (χ3n) is 5.05. The minimum Gasteiger partial charge on any atom is -0.348 e. The Kier molecular flexibility index (Phi) is 9.64. The van der Waals surface area contributed by atoms with Crippen molar-refractivity contribution in [3.05, 3.63) is 123 Å². The van der Waals surface area contributed by atoms with Gasteiger partial charge in [-0.25, -0.2) is 13.8 Å². The summed E-state index contributed by atoms with van der Waals surface area (Å²) in [6.07, 6.45) is 7.29. The van der Waals surface area contributed by atoms with Gasteiger partial charge in [0.2, 0.25) is 6.71 Å². The smallest absolute Gasteiger partial charge is 0.213 e. The van der Waals surface area contributed by atoms with E-state index in [-0.39, 0.29) is 18.3 Å². The average Bonchev–Trinajstić information content (AvgIpc) is 3.31. The minimum absolute atomic E-state index is 0.0868. The van der Waals surface area contributed by atoms with Crippen molar-refractivity contribution < 1.29 is 8.78 Å². The topological polar surface area (TPSA) is 28.7 Å². The van der Waals surface area contributed by atoms with Crippen molar-refractivity contribution in [2.75, 3.05) is 0 Å². The van der Waals surface area contributed by atoms with Crippen LogP contribution in [0.5, 0.6) is 0 Å². The molecule has 0 amide bonds. The fourth-order valence-electron chi connectivity index (χ4n) is 3.35. The molecule has 0 bridgehead atoms. The first-order chi connectivity index (χ1) is 15.9. The first-order valence-corrected chi connectivity index (χ1v) is 12.1. The highest BCUT2D eigenvalue weighted by Gasteiger charge is 2.18. The number of imidazole rings is 1. The molecule has 4 rings (SSSR count). The summed E-state index contributed by atoms with van der Waals surface area (Å²) in [5.41, 5.74) is 3.28. The van der Waals surface area contributed by atoms with Crippen LogP contribution < -0.4 is 10.9 Å². The number of rotatable bonds is 6. The molecule has 4 aromatic rings.